The number of ether oxygens (including phenoxy) is 3. The fraction of sp³-hybridized carbons (Fsp3) is 0.875. The minimum Gasteiger partial charge on any atom is -0.462 e. The first-order chi connectivity index (χ1) is 30.5. The van der Waals surface area contributed by atoms with Gasteiger partial charge in [0.25, 0.3) is 0 Å². The van der Waals surface area contributed by atoms with E-state index in [4.69, 9.17) is 14.2 Å². The lowest BCUT2D eigenvalue weighted by Gasteiger charge is -2.18. The largest absolute Gasteiger partial charge is 0.462 e. The van der Waals surface area contributed by atoms with E-state index in [1.54, 1.807) is 0 Å². The first-order valence-electron chi connectivity index (χ1n) is 27.3. The van der Waals surface area contributed by atoms with Gasteiger partial charge in [0.05, 0.1) is 0 Å². The zero-order chi connectivity index (χ0) is 45.1. The minimum absolute atomic E-state index is 0.0718. The molecule has 6 nitrogen and oxygen atoms in total. The van der Waals surface area contributed by atoms with Crippen LogP contribution in [0.3, 0.4) is 0 Å². The van der Waals surface area contributed by atoms with Crippen molar-refractivity contribution in [3.8, 4) is 0 Å². The Morgan fingerprint density at radius 3 is 0.935 bits per heavy atom. The Kier molecular flexibility index (Phi) is 49.8. The Bertz CT molecular complexity index is 1000. The highest BCUT2D eigenvalue weighted by molar-refractivity contribution is 5.71. The van der Waals surface area contributed by atoms with Gasteiger partial charge in [0.15, 0.2) is 6.10 Å². The third-order valence-electron chi connectivity index (χ3n) is 12.2. The molecule has 0 aliphatic carbocycles. The lowest BCUT2D eigenvalue weighted by molar-refractivity contribution is -0.167. The molecule has 0 radical (unpaired) electrons. The molecule has 62 heavy (non-hydrogen) atoms. The molecule has 0 aliphatic heterocycles. The quantitative estimate of drug-likeness (QED) is 0.0262. The van der Waals surface area contributed by atoms with Gasteiger partial charge in [-0.1, -0.05) is 257 Å². The van der Waals surface area contributed by atoms with Gasteiger partial charge in [0.1, 0.15) is 13.2 Å². The van der Waals surface area contributed by atoms with Crippen molar-refractivity contribution < 1.29 is 28.6 Å². The Balaban J connectivity index is 4.33. The number of unbranched alkanes of at least 4 members (excludes halogenated alkanes) is 35. The van der Waals surface area contributed by atoms with Crippen LogP contribution in [0.25, 0.3) is 0 Å². The summed E-state index contributed by atoms with van der Waals surface area (Å²) >= 11 is 0. The van der Waals surface area contributed by atoms with Gasteiger partial charge in [0.2, 0.25) is 0 Å². The smallest absolute Gasteiger partial charge is 0.306 e. The van der Waals surface area contributed by atoms with Crippen LogP contribution >= 0.6 is 0 Å². The van der Waals surface area contributed by atoms with E-state index >= 15 is 0 Å². The zero-order valence-corrected chi connectivity index (χ0v) is 41.7. The molecule has 0 bridgehead atoms. The predicted octanol–water partition coefficient (Wildman–Crippen LogP) is 17.9. The van der Waals surface area contributed by atoms with Crippen molar-refractivity contribution in [1.29, 1.82) is 0 Å². The van der Waals surface area contributed by atoms with E-state index in [0.29, 0.717) is 19.3 Å². The van der Waals surface area contributed by atoms with Crippen LogP contribution in [0.5, 0.6) is 0 Å². The molecule has 0 heterocycles. The summed E-state index contributed by atoms with van der Waals surface area (Å²) in [6, 6.07) is 0. The standard InChI is InChI=1S/C56H104O6/c1-4-7-10-13-16-19-22-25-27-28-29-32-34-37-40-43-46-49-55(58)61-52-53(51-60-54(57)48-45-42-39-36-33-30-24-21-18-15-12-9-6-3)62-56(59)50-47-44-41-38-35-31-26-23-20-17-14-11-8-5-2/h14,17,23,26,53H,4-13,15-16,18-22,24-25,27-52H2,1-3H3/b17-14-,26-23-. The summed E-state index contributed by atoms with van der Waals surface area (Å²) < 4.78 is 16.8. The Morgan fingerprint density at radius 1 is 0.323 bits per heavy atom. The fourth-order valence-corrected chi connectivity index (χ4v) is 8.05. The molecule has 0 saturated carbocycles. The van der Waals surface area contributed by atoms with Gasteiger partial charge in [-0.2, -0.15) is 0 Å². The fourth-order valence-electron chi connectivity index (χ4n) is 8.05. The van der Waals surface area contributed by atoms with Crippen LogP contribution in [-0.4, -0.2) is 37.2 Å². The third-order valence-corrected chi connectivity index (χ3v) is 12.2. The molecule has 0 amide bonds. The second kappa shape index (κ2) is 51.5. The third kappa shape index (κ3) is 48.9. The second-order valence-electron chi connectivity index (χ2n) is 18.5. The molecule has 0 aromatic heterocycles. The average molecular weight is 873 g/mol. The van der Waals surface area contributed by atoms with Crippen LogP contribution in [0, 0.1) is 0 Å². The van der Waals surface area contributed by atoms with Crippen LogP contribution in [0.4, 0.5) is 0 Å². The van der Waals surface area contributed by atoms with Crippen LogP contribution in [0.15, 0.2) is 24.3 Å². The molecular weight excluding hydrogens is 769 g/mol. The summed E-state index contributed by atoms with van der Waals surface area (Å²) in [6.07, 6.45) is 58.7. The van der Waals surface area contributed by atoms with E-state index in [-0.39, 0.29) is 31.1 Å². The van der Waals surface area contributed by atoms with E-state index < -0.39 is 6.10 Å². The molecule has 0 aliphatic rings. The maximum Gasteiger partial charge on any atom is 0.306 e. The number of carbonyl (C=O) groups is 3. The van der Waals surface area contributed by atoms with Gasteiger partial charge >= 0.3 is 17.9 Å². The highest BCUT2D eigenvalue weighted by Gasteiger charge is 2.19. The summed E-state index contributed by atoms with van der Waals surface area (Å²) in [7, 11) is 0. The van der Waals surface area contributed by atoms with Crippen molar-refractivity contribution in [2.24, 2.45) is 0 Å². The predicted molar refractivity (Wildman–Crippen MR) is 266 cm³/mol. The monoisotopic (exact) mass is 873 g/mol. The summed E-state index contributed by atoms with van der Waals surface area (Å²) in [6.45, 7) is 6.63. The van der Waals surface area contributed by atoms with E-state index in [1.165, 1.54) is 173 Å². The Morgan fingerprint density at radius 2 is 0.597 bits per heavy atom. The van der Waals surface area contributed by atoms with Crippen molar-refractivity contribution in [1.82, 2.24) is 0 Å². The van der Waals surface area contributed by atoms with E-state index in [0.717, 1.165) is 83.5 Å². The maximum atomic E-state index is 12.8. The van der Waals surface area contributed by atoms with Crippen molar-refractivity contribution in [2.45, 2.75) is 303 Å². The molecule has 0 aromatic rings. The van der Waals surface area contributed by atoms with E-state index in [2.05, 4.69) is 45.1 Å². The molecule has 0 fully saturated rings. The summed E-state index contributed by atoms with van der Waals surface area (Å²) in [5, 5.41) is 0. The second-order valence-corrected chi connectivity index (χ2v) is 18.5. The van der Waals surface area contributed by atoms with Crippen LogP contribution < -0.4 is 0 Å². The van der Waals surface area contributed by atoms with Gasteiger partial charge in [-0.25, -0.2) is 0 Å². The van der Waals surface area contributed by atoms with Crippen molar-refractivity contribution in [3.63, 3.8) is 0 Å². The SMILES string of the molecule is CCCC/C=C\C/C=C\CCCCCCCC(=O)OC(COC(=O)CCCCCCCCCCCCCCC)COC(=O)CCCCCCCCCCCCCCCCCCC. The maximum absolute atomic E-state index is 12.8. The average Bonchev–Trinajstić information content (AvgIpc) is 3.27. The zero-order valence-electron chi connectivity index (χ0n) is 41.7. The first-order valence-corrected chi connectivity index (χ1v) is 27.3. The van der Waals surface area contributed by atoms with Gasteiger partial charge in [-0.05, 0) is 44.9 Å². The molecular formula is C56H104O6. The van der Waals surface area contributed by atoms with Crippen LogP contribution in [0.1, 0.15) is 297 Å². The molecule has 0 aromatic carbocycles. The lowest BCUT2D eigenvalue weighted by atomic mass is 10.0. The molecule has 1 unspecified atom stereocenters. The minimum atomic E-state index is -0.772. The molecule has 0 N–H and O–H groups in total. The number of hydrogen-bond acceptors (Lipinski definition) is 6. The molecule has 0 saturated heterocycles. The molecule has 0 rings (SSSR count). The van der Waals surface area contributed by atoms with Crippen molar-refractivity contribution in [2.75, 3.05) is 13.2 Å². The Labute approximate surface area is 385 Å². The van der Waals surface area contributed by atoms with Crippen LogP contribution in [-0.2, 0) is 28.6 Å². The molecule has 0 spiro atoms. The highest BCUT2D eigenvalue weighted by atomic mass is 16.6. The summed E-state index contributed by atoms with van der Waals surface area (Å²) in [5.74, 6) is -0.868. The summed E-state index contributed by atoms with van der Waals surface area (Å²) in [4.78, 5) is 38.0. The highest BCUT2D eigenvalue weighted by Crippen LogP contribution is 2.16. The number of rotatable bonds is 50. The lowest BCUT2D eigenvalue weighted by Crippen LogP contribution is -2.30. The van der Waals surface area contributed by atoms with Crippen molar-refractivity contribution in [3.05, 3.63) is 24.3 Å². The number of carbonyl (C=O) groups excluding carboxylic acids is 3. The topological polar surface area (TPSA) is 78.9 Å². The summed E-state index contributed by atoms with van der Waals surface area (Å²) in [5.41, 5.74) is 0. The van der Waals surface area contributed by atoms with Gasteiger partial charge < -0.3 is 14.2 Å². The molecule has 1 atom stereocenters. The molecule has 6 heteroatoms. The normalized spacial score (nSPS) is 12.1. The van der Waals surface area contributed by atoms with Gasteiger partial charge in [-0.15, -0.1) is 0 Å². The number of allylic oxidation sites excluding steroid dienone is 4. The Hall–Kier alpha value is -2.11. The first kappa shape index (κ1) is 59.9. The van der Waals surface area contributed by atoms with Crippen LogP contribution in [0.2, 0.25) is 0 Å². The van der Waals surface area contributed by atoms with E-state index in [1.807, 2.05) is 0 Å². The van der Waals surface area contributed by atoms with Gasteiger partial charge in [-0.3, -0.25) is 14.4 Å². The van der Waals surface area contributed by atoms with Gasteiger partial charge in [0, 0.05) is 19.3 Å². The molecule has 364 valence electrons. The number of esters is 3. The van der Waals surface area contributed by atoms with Crippen molar-refractivity contribution >= 4 is 17.9 Å². The van der Waals surface area contributed by atoms with E-state index in [9.17, 15) is 14.4 Å². The number of hydrogen-bond donors (Lipinski definition) is 0.